The van der Waals surface area contributed by atoms with Gasteiger partial charge in [0.25, 0.3) is 0 Å². The molecule has 3 heteroatoms. The largest absolute Gasteiger partial charge is 0.324 e. The molecule has 0 aromatic heterocycles. The molecule has 18 heavy (non-hydrogen) atoms. The number of nitrogens with two attached hydrogens (primary N) is 1. The van der Waals surface area contributed by atoms with Crippen molar-refractivity contribution in [3.05, 3.63) is 69.9 Å². The molecule has 0 aliphatic carbocycles. The molecule has 0 fully saturated rings. The summed E-state index contributed by atoms with van der Waals surface area (Å²) in [5.74, 6) is -0.256. The van der Waals surface area contributed by atoms with E-state index in [9.17, 15) is 4.39 Å². The van der Waals surface area contributed by atoms with Gasteiger partial charge in [-0.25, -0.2) is 4.39 Å². The first kappa shape index (κ1) is 13.2. The van der Waals surface area contributed by atoms with Gasteiger partial charge in [-0.2, -0.15) is 0 Å². The fraction of sp³-hybridized carbons (Fsp3) is 0.200. The molecule has 2 N–H and O–H groups in total. The minimum absolute atomic E-state index is 0.0675. The third kappa shape index (κ3) is 3.40. The van der Waals surface area contributed by atoms with E-state index in [-0.39, 0.29) is 11.9 Å². The van der Waals surface area contributed by atoms with Crippen LogP contribution in [0.4, 0.5) is 4.39 Å². The summed E-state index contributed by atoms with van der Waals surface area (Å²) < 4.78 is 13.6. The molecule has 2 aromatic carbocycles. The lowest BCUT2D eigenvalue weighted by Crippen LogP contribution is -2.11. The summed E-state index contributed by atoms with van der Waals surface area (Å²) in [5.41, 5.74) is 8.35. The highest BCUT2D eigenvalue weighted by molar-refractivity contribution is 9.10. The highest BCUT2D eigenvalue weighted by Crippen LogP contribution is 2.22. The molecule has 0 aliphatic rings. The van der Waals surface area contributed by atoms with Gasteiger partial charge in [0.05, 0.1) is 4.47 Å². The quantitative estimate of drug-likeness (QED) is 0.899. The maximum absolute atomic E-state index is 13.1. The van der Waals surface area contributed by atoms with Gasteiger partial charge >= 0.3 is 0 Å². The third-order valence-corrected chi connectivity index (χ3v) is 3.57. The van der Waals surface area contributed by atoms with E-state index in [1.54, 1.807) is 12.1 Å². The zero-order valence-electron chi connectivity index (χ0n) is 9.94. The van der Waals surface area contributed by atoms with E-state index in [0.29, 0.717) is 4.47 Å². The van der Waals surface area contributed by atoms with Gasteiger partial charge < -0.3 is 5.73 Å². The Kier molecular flexibility index (Phi) is 4.50. The minimum atomic E-state index is -0.256. The van der Waals surface area contributed by atoms with Crippen molar-refractivity contribution < 1.29 is 4.39 Å². The van der Waals surface area contributed by atoms with Gasteiger partial charge in [-0.15, -0.1) is 0 Å². The van der Waals surface area contributed by atoms with Crippen LogP contribution in [0.15, 0.2) is 53.0 Å². The topological polar surface area (TPSA) is 26.0 Å². The fourth-order valence-electron chi connectivity index (χ4n) is 1.88. The smallest absolute Gasteiger partial charge is 0.137 e. The molecule has 94 valence electrons. The van der Waals surface area contributed by atoms with Crippen LogP contribution in [0.1, 0.15) is 23.6 Å². The molecular weight excluding hydrogens is 293 g/mol. The van der Waals surface area contributed by atoms with Crippen LogP contribution >= 0.6 is 15.9 Å². The van der Waals surface area contributed by atoms with E-state index in [1.807, 2.05) is 18.2 Å². The van der Waals surface area contributed by atoms with E-state index in [4.69, 9.17) is 5.73 Å². The normalized spacial score (nSPS) is 12.4. The lowest BCUT2D eigenvalue weighted by Gasteiger charge is -2.12. The Morgan fingerprint density at radius 1 is 1.11 bits per heavy atom. The fourth-order valence-corrected chi connectivity index (χ4v) is 2.27. The third-order valence-electron chi connectivity index (χ3n) is 2.96. The molecule has 0 aliphatic heterocycles. The van der Waals surface area contributed by atoms with Gasteiger partial charge in [-0.1, -0.05) is 36.4 Å². The predicted octanol–water partition coefficient (Wildman–Crippen LogP) is 4.22. The van der Waals surface area contributed by atoms with Crippen molar-refractivity contribution >= 4 is 15.9 Å². The van der Waals surface area contributed by atoms with Crippen molar-refractivity contribution in [2.45, 2.75) is 18.9 Å². The molecule has 0 amide bonds. The predicted molar refractivity (Wildman–Crippen MR) is 75.8 cm³/mol. The Labute approximate surface area is 115 Å². The van der Waals surface area contributed by atoms with E-state index < -0.39 is 0 Å². The van der Waals surface area contributed by atoms with Crippen LogP contribution in [0.3, 0.4) is 0 Å². The van der Waals surface area contributed by atoms with Crippen molar-refractivity contribution in [1.82, 2.24) is 0 Å². The van der Waals surface area contributed by atoms with Gasteiger partial charge in [0.15, 0.2) is 0 Å². The molecule has 0 spiro atoms. The Balaban J connectivity index is 1.99. The van der Waals surface area contributed by atoms with Gasteiger partial charge in [-0.3, -0.25) is 0 Å². The lowest BCUT2D eigenvalue weighted by atomic mass is 10.00. The summed E-state index contributed by atoms with van der Waals surface area (Å²) in [6.07, 6.45) is 1.78. The van der Waals surface area contributed by atoms with Crippen LogP contribution in [0.25, 0.3) is 0 Å². The highest BCUT2D eigenvalue weighted by atomic mass is 79.9. The number of benzene rings is 2. The molecule has 0 saturated heterocycles. The molecule has 0 heterocycles. The monoisotopic (exact) mass is 307 g/mol. The van der Waals surface area contributed by atoms with Gasteiger partial charge in [0.1, 0.15) is 5.82 Å². The maximum atomic E-state index is 13.1. The highest BCUT2D eigenvalue weighted by Gasteiger charge is 2.08. The van der Waals surface area contributed by atoms with Gasteiger partial charge in [0, 0.05) is 6.04 Å². The van der Waals surface area contributed by atoms with Crippen LogP contribution in [0, 0.1) is 5.82 Å². The number of rotatable bonds is 4. The summed E-state index contributed by atoms with van der Waals surface area (Å²) in [7, 11) is 0. The minimum Gasteiger partial charge on any atom is -0.324 e. The van der Waals surface area contributed by atoms with Crippen LogP contribution in [0.2, 0.25) is 0 Å². The first-order valence-corrected chi connectivity index (χ1v) is 6.70. The summed E-state index contributed by atoms with van der Waals surface area (Å²) in [5, 5.41) is 0. The first-order valence-electron chi connectivity index (χ1n) is 5.91. The van der Waals surface area contributed by atoms with Gasteiger partial charge in [0.2, 0.25) is 0 Å². The zero-order valence-corrected chi connectivity index (χ0v) is 11.5. The van der Waals surface area contributed by atoms with E-state index in [0.717, 1.165) is 18.4 Å². The molecule has 0 radical (unpaired) electrons. The van der Waals surface area contributed by atoms with Crippen molar-refractivity contribution in [2.75, 3.05) is 0 Å². The Bertz CT molecular complexity index is 513. The average Bonchev–Trinajstić information content (AvgIpc) is 2.40. The number of hydrogen-bond donors (Lipinski definition) is 1. The molecular formula is C15H15BrFN. The van der Waals surface area contributed by atoms with Crippen molar-refractivity contribution in [3.8, 4) is 0 Å². The van der Waals surface area contributed by atoms with E-state index in [1.165, 1.54) is 11.6 Å². The van der Waals surface area contributed by atoms with E-state index in [2.05, 4.69) is 28.1 Å². The Morgan fingerprint density at radius 2 is 1.83 bits per heavy atom. The van der Waals surface area contributed by atoms with Gasteiger partial charge in [-0.05, 0) is 52.0 Å². The summed E-state index contributed by atoms with van der Waals surface area (Å²) in [6, 6.07) is 15.1. The summed E-state index contributed by atoms with van der Waals surface area (Å²) >= 11 is 3.18. The second-order valence-corrected chi connectivity index (χ2v) is 5.16. The maximum Gasteiger partial charge on any atom is 0.137 e. The molecule has 1 nitrogen and oxygen atoms in total. The van der Waals surface area contributed by atoms with Crippen molar-refractivity contribution in [3.63, 3.8) is 0 Å². The number of hydrogen-bond acceptors (Lipinski definition) is 1. The second-order valence-electron chi connectivity index (χ2n) is 4.30. The lowest BCUT2D eigenvalue weighted by molar-refractivity contribution is 0.613. The molecule has 1 atom stereocenters. The van der Waals surface area contributed by atoms with Crippen LogP contribution < -0.4 is 5.73 Å². The van der Waals surface area contributed by atoms with Crippen LogP contribution in [0.5, 0.6) is 0 Å². The first-order chi connectivity index (χ1) is 8.66. The van der Waals surface area contributed by atoms with E-state index >= 15 is 0 Å². The molecule has 2 aromatic rings. The molecule has 2 rings (SSSR count). The standard InChI is InChI=1S/C15H15BrFN/c16-13-10-12(7-8-14(13)17)15(18)9-6-11-4-2-1-3-5-11/h1-5,7-8,10,15H,6,9,18H2. The zero-order chi connectivity index (χ0) is 13.0. The second kappa shape index (κ2) is 6.12. The van der Waals surface area contributed by atoms with Crippen molar-refractivity contribution in [2.24, 2.45) is 5.73 Å². The molecule has 0 saturated carbocycles. The SMILES string of the molecule is NC(CCc1ccccc1)c1ccc(F)c(Br)c1. The Hall–Kier alpha value is -1.19. The van der Waals surface area contributed by atoms with Crippen LogP contribution in [-0.4, -0.2) is 0 Å². The average molecular weight is 308 g/mol. The molecule has 0 bridgehead atoms. The summed E-state index contributed by atoms with van der Waals surface area (Å²) in [6.45, 7) is 0. The Morgan fingerprint density at radius 3 is 2.50 bits per heavy atom. The van der Waals surface area contributed by atoms with Crippen LogP contribution in [-0.2, 0) is 6.42 Å². The number of aryl methyl sites for hydroxylation is 1. The summed E-state index contributed by atoms with van der Waals surface area (Å²) in [4.78, 5) is 0. The number of halogens is 2. The molecule has 1 unspecified atom stereocenters. The van der Waals surface area contributed by atoms with Crippen molar-refractivity contribution in [1.29, 1.82) is 0 Å².